The summed E-state index contributed by atoms with van der Waals surface area (Å²) in [5, 5.41) is 8.97. The Morgan fingerprint density at radius 2 is 2.21 bits per heavy atom. The molecule has 1 aliphatic heterocycles. The predicted molar refractivity (Wildman–Crippen MR) is 49.9 cm³/mol. The highest BCUT2D eigenvalue weighted by molar-refractivity contribution is 5.66. The lowest BCUT2D eigenvalue weighted by atomic mass is 10.3. The van der Waals surface area contributed by atoms with Gasteiger partial charge in [0.1, 0.15) is 6.10 Å². The van der Waals surface area contributed by atoms with Crippen LogP contribution in [0.25, 0.3) is 0 Å². The molecular formula is C9H17NO4. The van der Waals surface area contributed by atoms with Crippen molar-refractivity contribution in [2.75, 3.05) is 39.5 Å². The van der Waals surface area contributed by atoms with E-state index in [-0.39, 0.29) is 12.6 Å². The van der Waals surface area contributed by atoms with Crippen LogP contribution in [0.1, 0.15) is 6.92 Å². The molecule has 14 heavy (non-hydrogen) atoms. The van der Waals surface area contributed by atoms with Crippen LogP contribution in [0.15, 0.2) is 0 Å². The SMILES string of the molecule is CC(=O)OC(CO)CN1CCOCC1. The Labute approximate surface area is 83.6 Å². The number of nitrogens with zero attached hydrogens (tertiary/aromatic N) is 1. The van der Waals surface area contributed by atoms with Gasteiger partial charge in [0.05, 0.1) is 19.8 Å². The third-order valence-corrected chi connectivity index (χ3v) is 2.10. The Kier molecular flexibility index (Phi) is 4.86. The molecule has 5 nitrogen and oxygen atoms in total. The van der Waals surface area contributed by atoms with Crippen molar-refractivity contribution in [2.45, 2.75) is 13.0 Å². The number of hydrogen-bond donors (Lipinski definition) is 1. The maximum atomic E-state index is 10.7. The van der Waals surface area contributed by atoms with E-state index >= 15 is 0 Å². The second kappa shape index (κ2) is 5.95. The van der Waals surface area contributed by atoms with Gasteiger partial charge in [-0.2, -0.15) is 0 Å². The van der Waals surface area contributed by atoms with Gasteiger partial charge in [0.2, 0.25) is 0 Å². The van der Waals surface area contributed by atoms with Gasteiger partial charge in [-0.1, -0.05) is 0 Å². The number of morpholine rings is 1. The number of esters is 1. The van der Waals surface area contributed by atoms with E-state index in [1.807, 2.05) is 0 Å². The summed E-state index contributed by atoms with van der Waals surface area (Å²) in [4.78, 5) is 12.8. The number of aliphatic hydroxyl groups is 1. The number of carbonyl (C=O) groups excluding carboxylic acids is 1. The summed E-state index contributed by atoms with van der Waals surface area (Å²) in [5.74, 6) is -0.350. The average Bonchev–Trinajstić information content (AvgIpc) is 2.17. The fraction of sp³-hybridized carbons (Fsp3) is 0.889. The predicted octanol–water partition coefficient (Wildman–Crippen LogP) is -0.757. The quantitative estimate of drug-likeness (QED) is 0.609. The molecule has 1 saturated heterocycles. The molecule has 1 rings (SSSR count). The number of aliphatic hydroxyl groups excluding tert-OH is 1. The van der Waals surface area contributed by atoms with E-state index in [4.69, 9.17) is 14.6 Å². The van der Waals surface area contributed by atoms with Crippen LogP contribution in [-0.2, 0) is 14.3 Å². The van der Waals surface area contributed by atoms with Gasteiger partial charge in [-0.05, 0) is 0 Å². The Hall–Kier alpha value is -0.650. The first-order valence-electron chi connectivity index (χ1n) is 4.80. The van der Waals surface area contributed by atoms with Gasteiger partial charge >= 0.3 is 5.97 Å². The van der Waals surface area contributed by atoms with Gasteiger partial charge in [-0.15, -0.1) is 0 Å². The molecule has 5 heteroatoms. The van der Waals surface area contributed by atoms with Crippen LogP contribution in [0.3, 0.4) is 0 Å². The first kappa shape index (κ1) is 11.4. The lowest BCUT2D eigenvalue weighted by Gasteiger charge is -2.29. The van der Waals surface area contributed by atoms with Crippen LogP contribution in [0.4, 0.5) is 0 Å². The molecule has 0 bridgehead atoms. The van der Waals surface area contributed by atoms with Gasteiger partial charge in [0.25, 0.3) is 0 Å². The first-order valence-corrected chi connectivity index (χ1v) is 4.80. The lowest BCUT2D eigenvalue weighted by molar-refractivity contribution is -0.149. The van der Waals surface area contributed by atoms with Crippen molar-refractivity contribution >= 4 is 5.97 Å². The highest BCUT2D eigenvalue weighted by Gasteiger charge is 2.17. The molecule has 0 aromatic rings. The summed E-state index contributed by atoms with van der Waals surface area (Å²) >= 11 is 0. The molecule has 0 aliphatic carbocycles. The second-order valence-corrected chi connectivity index (χ2v) is 3.33. The van der Waals surface area contributed by atoms with Gasteiger partial charge in [0.15, 0.2) is 0 Å². The fourth-order valence-electron chi connectivity index (χ4n) is 1.44. The molecule has 1 aliphatic rings. The highest BCUT2D eigenvalue weighted by atomic mass is 16.6. The lowest BCUT2D eigenvalue weighted by Crippen LogP contribution is -2.43. The van der Waals surface area contributed by atoms with Crippen molar-refractivity contribution in [1.29, 1.82) is 0 Å². The van der Waals surface area contributed by atoms with Gasteiger partial charge < -0.3 is 14.6 Å². The highest BCUT2D eigenvalue weighted by Crippen LogP contribution is 2.01. The zero-order valence-electron chi connectivity index (χ0n) is 8.44. The molecule has 1 fully saturated rings. The maximum absolute atomic E-state index is 10.7. The molecule has 1 heterocycles. The number of hydrogen-bond acceptors (Lipinski definition) is 5. The zero-order valence-corrected chi connectivity index (χ0v) is 8.44. The van der Waals surface area contributed by atoms with Crippen LogP contribution in [0.5, 0.6) is 0 Å². The summed E-state index contributed by atoms with van der Waals surface area (Å²) < 4.78 is 10.1. The Morgan fingerprint density at radius 3 is 2.71 bits per heavy atom. The van der Waals surface area contributed by atoms with Crippen molar-refractivity contribution in [3.05, 3.63) is 0 Å². The van der Waals surface area contributed by atoms with Crippen molar-refractivity contribution in [1.82, 2.24) is 4.90 Å². The van der Waals surface area contributed by atoms with Crippen LogP contribution < -0.4 is 0 Å². The smallest absolute Gasteiger partial charge is 0.303 e. The third-order valence-electron chi connectivity index (χ3n) is 2.10. The van der Waals surface area contributed by atoms with Crippen LogP contribution in [0.2, 0.25) is 0 Å². The van der Waals surface area contributed by atoms with Crippen LogP contribution in [0, 0.1) is 0 Å². The number of ether oxygens (including phenoxy) is 2. The van der Waals surface area contributed by atoms with E-state index in [1.165, 1.54) is 6.92 Å². The molecule has 0 aromatic heterocycles. The van der Waals surface area contributed by atoms with Crippen molar-refractivity contribution in [2.24, 2.45) is 0 Å². The Morgan fingerprint density at radius 1 is 1.57 bits per heavy atom. The molecule has 82 valence electrons. The van der Waals surface area contributed by atoms with E-state index in [1.54, 1.807) is 0 Å². The van der Waals surface area contributed by atoms with Gasteiger partial charge in [0, 0.05) is 26.6 Å². The topological polar surface area (TPSA) is 59.0 Å². The van der Waals surface area contributed by atoms with Crippen LogP contribution in [-0.4, -0.2) is 61.5 Å². The summed E-state index contributed by atoms with van der Waals surface area (Å²) in [5.41, 5.74) is 0. The van der Waals surface area contributed by atoms with Gasteiger partial charge in [-0.25, -0.2) is 0 Å². The molecule has 0 spiro atoms. The monoisotopic (exact) mass is 203 g/mol. The van der Waals surface area contributed by atoms with Crippen molar-refractivity contribution in [3.8, 4) is 0 Å². The summed E-state index contributed by atoms with van der Waals surface area (Å²) in [6.07, 6.45) is -0.411. The molecule has 1 atom stereocenters. The molecule has 0 aromatic carbocycles. The Balaban J connectivity index is 2.27. The number of rotatable bonds is 4. The van der Waals surface area contributed by atoms with E-state index < -0.39 is 6.10 Å². The molecule has 0 saturated carbocycles. The standard InChI is InChI=1S/C9H17NO4/c1-8(12)14-9(7-11)6-10-2-4-13-5-3-10/h9,11H,2-7H2,1H3. The molecule has 1 N–H and O–H groups in total. The minimum Gasteiger partial charge on any atom is -0.459 e. The van der Waals surface area contributed by atoms with E-state index in [0.717, 1.165) is 13.1 Å². The normalized spacial score (nSPS) is 20.4. The molecular weight excluding hydrogens is 186 g/mol. The first-order chi connectivity index (χ1) is 6.72. The summed E-state index contributed by atoms with van der Waals surface area (Å²) in [6, 6.07) is 0. The Bertz CT molecular complexity index is 180. The minimum atomic E-state index is -0.411. The van der Waals surface area contributed by atoms with Crippen molar-refractivity contribution in [3.63, 3.8) is 0 Å². The van der Waals surface area contributed by atoms with Gasteiger partial charge in [-0.3, -0.25) is 9.69 Å². The van der Waals surface area contributed by atoms with E-state index in [0.29, 0.717) is 19.8 Å². The molecule has 0 radical (unpaired) electrons. The zero-order chi connectivity index (χ0) is 10.4. The number of carbonyl (C=O) groups is 1. The molecule has 0 amide bonds. The largest absolute Gasteiger partial charge is 0.459 e. The van der Waals surface area contributed by atoms with E-state index in [2.05, 4.69) is 4.90 Å². The fourth-order valence-corrected chi connectivity index (χ4v) is 1.44. The van der Waals surface area contributed by atoms with Crippen molar-refractivity contribution < 1.29 is 19.4 Å². The average molecular weight is 203 g/mol. The van der Waals surface area contributed by atoms with E-state index in [9.17, 15) is 4.79 Å². The maximum Gasteiger partial charge on any atom is 0.303 e. The molecule has 1 unspecified atom stereocenters. The second-order valence-electron chi connectivity index (χ2n) is 3.33. The van der Waals surface area contributed by atoms with Crippen LogP contribution >= 0.6 is 0 Å². The minimum absolute atomic E-state index is 0.128. The summed E-state index contributed by atoms with van der Waals surface area (Å²) in [7, 11) is 0. The third kappa shape index (κ3) is 4.04. The summed E-state index contributed by atoms with van der Waals surface area (Å²) in [6.45, 7) is 4.88.